The molecule has 2 aromatic heterocycles. The Kier molecular flexibility index (Phi) is 4.51. The Hall–Kier alpha value is -1.45. The number of rotatable bonds is 3. The highest BCUT2D eigenvalue weighted by molar-refractivity contribution is 9.10. The Bertz CT molecular complexity index is 637. The zero-order valence-corrected chi connectivity index (χ0v) is 13.5. The molecule has 1 aliphatic rings. The van der Waals surface area contributed by atoms with E-state index in [4.69, 9.17) is 10.5 Å². The maximum atomic E-state index is 5.79. The van der Waals surface area contributed by atoms with Crippen LogP contribution in [0, 0.1) is 0 Å². The monoisotopic (exact) mass is 368 g/mol. The molecule has 2 N–H and O–H groups in total. The molecule has 0 amide bonds. The molecule has 2 aromatic rings. The third-order valence-corrected chi connectivity index (χ3v) is 4.61. The first-order valence-corrected chi connectivity index (χ1v) is 7.96. The fraction of sp³-hybridized carbons (Fsp3) is 0.333. The van der Waals surface area contributed by atoms with Crippen molar-refractivity contribution in [3.8, 4) is 0 Å². The molecule has 1 saturated heterocycles. The summed E-state index contributed by atoms with van der Waals surface area (Å²) in [6.45, 7) is 2.83. The Morgan fingerprint density at radius 3 is 2.81 bits per heavy atom. The molecular weight excluding hydrogens is 356 g/mol. The summed E-state index contributed by atoms with van der Waals surface area (Å²) in [6, 6.07) is 3.78. The third kappa shape index (κ3) is 3.60. The first kappa shape index (κ1) is 14.5. The first-order valence-electron chi connectivity index (χ1n) is 6.35. The molecular formula is C12H13BrN6OS. The van der Waals surface area contributed by atoms with E-state index in [0.717, 1.165) is 22.6 Å². The summed E-state index contributed by atoms with van der Waals surface area (Å²) < 4.78 is 6.22. The van der Waals surface area contributed by atoms with E-state index in [1.807, 2.05) is 17.0 Å². The predicted molar refractivity (Wildman–Crippen MR) is 83.3 cm³/mol. The number of nitrogen functional groups attached to an aromatic ring is 1. The molecule has 21 heavy (non-hydrogen) atoms. The lowest BCUT2D eigenvalue weighted by atomic mass is 10.4. The van der Waals surface area contributed by atoms with Gasteiger partial charge < -0.3 is 15.4 Å². The highest BCUT2D eigenvalue weighted by Gasteiger charge is 2.16. The summed E-state index contributed by atoms with van der Waals surface area (Å²) in [6.07, 6.45) is 1.72. The van der Waals surface area contributed by atoms with Crippen molar-refractivity contribution in [2.24, 2.45) is 0 Å². The van der Waals surface area contributed by atoms with Gasteiger partial charge in [0.15, 0.2) is 0 Å². The van der Waals surface area contributed by atoms with Crippen LogP contribution in [0.25, 0.3) is 0 Å². The molecule has 0 radical (unpaired) electrons. The number of ether oxygens (including phenoxy) is 1. The summed E-state index contributed by atoms with van der Waals surface area (Å²) in [5.74, 6) is 0.793. The molecule has 3 rings (SSSR count). The van der Waals surface area contributed by atoms with Crippen LogP contribution in [0.2, 0.25) is 0 Å². The number of morpholine rings is 1. The second kappa shape index (κ2) is 6.54. The van der Waals surface area contributed by atoms with E-state index in [1.165, 1.54) is 11.8 Å². The fourth-order valence-electron chi connectivity index (χ4n) is 1.84. The lowest BCUT2D eigenvalue weighted by Gasteiger charge is -2.26. The molecule has 0 unspecified atom stereocenters. The van der Waals surface area contributed by atoms with Gasteiger partial charge in [-0.2, -0.15) is 15.0 Å². The second-order valence-electron chi connectivity index (χ2n) is 4.27. The van der Waals surface area contributed by atoms with E-state index in [9.17, 15) is 0 Å². The van der Waals surface area contributed by atoms with E-state index < -0.39 is 0 Å². The highest BCUT2D eigenvalue weighted by atomic mass is 79.9. The summed E-state index contributed by atoms with van der Waals surface area (Å²) in [4.78, 5) is 19.2. The van der Waals surface area contributed by atoms with Gasteiger partial charge in [0.25, 0.3) is 0 Å². The van der Waals surface area contributed by atoms with E-state index in [-0.39, 0.29) is 5.95 Å². The molecule has 0 atom stereocenters. The Morgan fingerprint density at radius 1 is 1.24 bits per heavy atom. The molecule has 0 aromatic carbocycles. The van der Waals surface area contributed by atoms with Gasteiger partial charge in [-0.05, 0) is 39.8 Å². The number of anilines is 2. The zero-order chi connectivity index (χ0) is 14.7. The molecule has 9 heteroatoms. The van der Waals surface area contributed by atoms with Gasteiger partial charge in [0, 0.05) is 19.3 Å². The van der Waals surface area contributed by atoms with Gasteiger partial charge >= 0.3 is 0 Å². The van der Waals surface area contributed by atoms with E-state index in [1.54, 1.807) is 6.20 Å². The van der Waals surface area contributed by atoms with Crippen LogP contribution in [0.4, 0.5) is 11.9 Å². The van der Waals surface area contributed by atoms with Gasteiger partial charge in [-0.25, -0.2) is 4.98 Å². The van der Waals surface area contributed by atoms with Crippen molar-refractivity contribution < 1.29 is 4.74 Å². The van der Waals surface area contributed by atoms with Crippen LogP contribution in [0.15, 0.2) is 33.0 Å². The molecule has 3 heterocycles. The minimum absolute atomic E-state index is 0.209. The van der Waals surface area contributed by atoms with E-state index >= 15 is 0 Å². The largest absolute Gasteiger partial charge is 0.378 e. The average Bonchev–Trinajstić information content (AvgIpc) is 2.50. The third-order valence-electron chi connectivity index (χ3n) is 2.83. The summed E-state index contributed by atoms with van der Waals surface area (Å²) in [5.41, 5.74) is 5.79. The summed E-state index contributed by atoms with van der Waals surface area (Å²) in [5, 5.41) is 1.32. The van der Waals surface area contributed by atoms with Crippen molar-refractivity contribution in [3.63, 3.8) is 0 Å². The van der Waals surface area contributed by atoms with Crippen LogP contribution >= 0.6 is 27.7 Å². The number of hydrogen-bond donors (Lipinski definition) is 1. The van der Waals surface area contributed by atoms with Gasteiger partial charge in [0.2, 0.25) is 17.1 Å². The number of nitrogens with two attached hydrogens (primary N) is 1. The lowest BCUT2D eigenvalue weighted by molar-refractivity contribution is 0.122. The Labute approximate surface area is 134 Å². The zero-order valence-electron chi connectivity index (χ0n) is 11.1. The SMILES string of the molecule is Nc1nc(Sc2ncccc2Br)nc(N2CCOCC2)n1. The van der Waals surface area contributed by atoms with Crippen LogP contribution in [0.5, 0.6) is 0 Å². The Balaban J connectivity index is 1.85. The van der Waals surface area contributed by atoms with Gasteiger partial charge in [-0.1, -0.05) is 0 Å². The van der Waals surface area contributed by atoms with Crippen LogP contribution in [-0.2, 0) is 4.74 Å². The summed E-state index contributed by atoms with van der Waals surface area (Å²) >= 11 is 4.80. The van der Waals surface area contributed by atoms with Gasteiger partial charge in [-0.3, -0.25) is 0 Å². The van der Waals surface area contributed by atoms with Crippen molar-refractivity contribution in [2.45, 2.75) is 10.2 Å². The minimum atomic E-state index is 0.209. The maximum Gasteiger partial charge on any atom is 0.231 e. The molecule has 110 valence electrons. The fourth-order valence-corrected chi connectivity index (χ4v) is 3.06. The highest BCUT2D eigenvalue weighted by Crippen LogP contribution is 2.30. The number of nitrogens with zero attached hydrogens (tertiary/aromatic N) is 5. The molecule has 0 aliphatic carbocycles. The van der Waals surface area contributed by atoms with Crippen molar-refractivity contribution in [2.75, 3.05) is 36.9 Å². The van der Waals surface area contributed by atoms with Gasteiger partial charge in [0.1, 0.15) is 5.03 Å². The van der Waals surface area contributed by atoms with Gasteiger partial charge in [-0.15, -0.1) is 0 Å². The van der Waals surface area contributed by atoms with Crippen LogP contribution in [-0.4, -0.2) is 46.2 Å². The van der Waals surface area contributed by atoms with E-state index in [0.29, 0.717) is 24.3 Å². The van der Waals surface area contributed by atoms with Crippen LogP contribution in [0.1, 0.15) is 0 Å². The van der Waals surface area contributed by atoms with E-state index in [2.05, 4.69) is 35.9 Å². The molecule has 1 fully saturated rings. The molecule has 0 saturated carbocycles. The van der Waals surface area contributed by atoms with Crippen molar-refractivity contribution >= 4 is 39.6 Å². The molecule has 0 spiro atoms. The average molecular weight is 369 g/mol. The topological polar surface area (TPSA) is 90.0 Å². The predicted octanol–water partition coefficient (Wildman–Crippen LogP) is 1.60. The smallest absolute Gasteiger partial charge is 0.231 e. The first-order chi connectivity index (χ1) is 10.2. The number of pyridine rings is 1. The van der Waals surface area contributed by atoms with Crippen molar-refractivity contribution in [1.29, 1.82) is 0 Å². The van der Waals surface area contributed by atoms with Crippen LogP contribution in [0.3, 0.4) is 0 Å². The van der Waals surface area contributed by atoms with Crippen molar-refractivity contribution in [3.05, 3.63) is 22.8 Å². The standard InChI is InChI=1S/C12H13BrN6OS/c13-8-2-1-3-15-9(8)21-12-17-10(14)16-11(18-12)19-4-6-20-7-5-19/h1-3H,4-7H2,(H2,14,16,17,18). The normalized spacial score (nSPS) is 15.2. The minimum Gasteiger partial charge on any atom is -0.378 e. The number of aromatic nitrogens is 4. The quantitative estimate of drug-likeness (QED) is 0.873. The number of hydrogen-bond acceptors (Lipinski definition) is 8. The maximum absolute atomic E-state index is 5.79. The summed E-state index contributed by atoms with van der Waals surface area (Å²) in [7, 11) is 0. The Morgan fingerprint density at radius 2 is 2.05 bits per heavy atom. The van der Waals surface area contributed by atoms with Crippen LogP contribution < -0.4 is 10.6 Å². The van der Waals surface area contributed by atoms with Crippen molar-refractivity contribution in [1.82, 2.24) is 19.9 Å². The molecule has 7 nitrogen and oxygen atoms in total. The molecule has 1 aliphatic heterocycles. The van der Waals surface area contributed by atoms with Gasteiger partial charge in [0.05, 0.1) is 17.7 Å². The molecule has 0 bridgehead atoms. The lowest BCUT2D eigenvalue weighted by Crippen LogP contribution is -2.37. The number of halogens is 1. The second-order valence-corrected chi connectivity index (χ2v) is 6.08.